The lowest BCUT2D eigenvalue weighted by Crippen LogP contribution is -2.42. The largest absolute Gasteiger partial charge is 0.480 e. The highest BCUT2D eigenvalue weighted by Gasteiger charge is 2.08. The molecule has 9 heteroatoms. The lowest BCUT2D eigenvalue weighted by molar-refractivity contribution is -0.137. The van der Waals surface area contributed by atoms with Gasteiger partial charge in [0.2, 0.25) is 5.91 Å². The summed E-state index contributed by atoms with van der Waals surface area (Å²) < 4.78 is 26.1. The third kappa shape index (κ3) is 6.32. The minimum absolute atomic E-state index is 0.0412. The van der Waals surface area contributed by atoms with Crippen molar-refractivity contribution >= 4 is 17.9 Å². The Morgan fingerprint density at radius 2 is 1.76 bits per heavy atom. The van der Waals surface area contributed by atoms with E-state index >= 15 is 0 Å². The lowest BCUT2D eigenvalue weighted by atomic mass is 10.2. The van der Waals surface area contributed by atoms with Crippen molar-refractivity contribution in [1.82, 2.24) is 16.0 Å². The second-order valence-electron chi connectivity index (χ2n) is 3.94. The van der Waals surface area contributed by atoms with Crippen molar-refractivity contribution in [2.24, 2.45) is 0 Å². The first-order chi connectivity index (χ1) is 9.88. The molecule has 4 N–H and O–H groups in total. The van der Waals surface area contributed by atoms with E-state index in [0.29, 0.717) is 0 Å². The molecule has 7 nitrogen and oxygen atoms in total. The van der Waals surface area contributed by atoms with Crippen molar-refractivity contribution in [3.05, 3.63) is 35.4 Å². The van der Waals surface area contributed by atoms with Crippen LogP contribution in [0.1, 0.15) is 5.56 Å². The Labute approximate surface area is 118 Å². The Kier molecular flexibility index (Phi) is 6.05. The molecule has 1 rings (SSSR count). The summed E-state index contributed by atoms with van der Waals surface area (Å²) in [5, 5.41) is 14.7. The van der Waals surface area contributed by atoms with E-state index in [1.54, 1.807) is 0 Å². The summed E-state index contributed by atoms with van der Waals surface area (Å²) in [7, 11) is 0. The van der Waals surface area contributed by atoms with Crippen LogP contribution >= 0.6 is 0 Å². The van der Waals surface area contributed by atoms with E-state index in [2.05, 4.69) is 10.6 Å². The number of halogens is 2. The molecule has 0 aliphatic rings. The molecule has 21 heavy (non-hydrogen) atoms. The van der Waals surface area contributed by atoms with Gasteiger partial charge in [0.05, 0.1) is 6.54 Å². The molecule has 0 spiro atoms. The van der Waals surface area contributed by atoms with Crippen LogP contribution in [0.5, 0.6) is 0 Å². The standard InChI is InChI=1S/C12H13F2N3O4/c13-8-1-2-9(14)7(3-8)4-16-12(21)17-5-10(18)15-6-11(19)20/h1-3H,4-6H2,(H,15,18)(H,19,20)(H2,16,17,21). The molecule has 0 unspecified atom stereocenters. The van der Waals surface area contributed by atoms with Crippen molar-refractivity contribution in [1.29, 1.82) is 0 Å². The number of carboxylic acid groups (broad SMARTS) is 1. The van der Waals surface area contributed by atoms with E-state index in [9.17, 15) is 23.2 Å². The first-order valence-electron chi connectivity index (χ1n) is 5.82. The average Bonchev–Trinajstić information content (AvgIpc) is 2.43. The van der Waals surface area contributed by atoms with Crippen LogP contribution in [0.2, 0.25) is 0 Å². The summed E-state index contributed by atoms with van der Waals surface area (Å²) in [5.74, 6) is -3.21. The second kappa shape index (κ2) is 7.78. The number of hydrogen-bond acceptors (Lipinski definition) is 3. The molecule has 0 saturated heterocycles. The second-order valence-corrected chi connectivity index (χ2v) is 3.94. The van der Waals surface area contributed by atoms with Crippen LogP contribution < -0.4 is 16.0 Å². The fourth-order valence-corrected chi connectivity index (χ4v) is 1.31. The Morgan fingerprint density at radius 1 is 1.05 bits per heavy atom. The van der Waals surface area contributed by atoms with E-state index in [-0.39, 0.29) is 12.1 Å². The van der Waals surface area contributed by atoms with Gasteiger partial charge < -0.3 is 21.1 Å². The molecule has 0 aliphatic heterocycles. The zero-order valence-corrected chi connectivity index (χ0v) is 10.8. The highest BCUT2D eigenvalue weighted by Crippen LogP contribution is 2.08. The number of benzene rings is 1. The zero-order chi connectivity index (χ0) is 15.8. The molecule has 0 radical (unpaired) electrons. The number of amides is 3. The molecule has 0 aliphatic carbocycles. The molecule has 0 fully saturated rings. The van der Waals surface area contributed by atoms with Crippen molar-refractivity contribution in [2.75, 3.05) is 13.1 Å². The van der Waals surface area contributed by atoms with Gasteiger partial charge in [-0.15, -0.1) is 0 Å². The summed E-state index contributed by atoms with van der Waals surface area (Å²) in [6, 6.07) is 2.05. The van der Waals surface area contributed by atoms with E-state index in [4.69, 9.17) is 5.11 Å². The van der Waals surface area contributed by atoms with E-state index in [1.807, 2.05) is 5.32 Å². The lowest BCUT2D eigenvalue weighted by Gasteiger charge is -2.08. The van der Waals surface area contributed by atoms with Crippen LogP contribution in [-0.4, -0.2) is 36.1 Å². The molecular formula is C12H13F2N3O4. The third-order valence-corrected chi connectivity index (χ3v) is 2.29. The fraction of sp³-hybridized carbons (Fsp3) is 0.250. The minimum Gasteiger partial charge on any atom is -0.480 e. The normalized spacial score (nSPS) is 9.81. The van der Waals surface area contributed by atoms with Crippen molar-refractivity contribution in [2.45, 2.75) is 6.54 Å². The number of urea groups is 1. The van der Waals surface area contributed by atoms with Gasteiger partial charge in [0.15, 0.2) is 0 Å². The predicted molar refractivity (Wildman–Crippen MR) is 67.2 cm³/mol. The van der Waals surface area contributed by atoms with Gasteiger partial charge >= 0.3 is 12.0 Å². The summed E-state index contributed by atoms with van der Waals surface area (Å²) in [5.41, 5.74) is -0.0412. The Balaban J connectivity index is 2.32. The van der Waals surface area contributed by atoms with Crippen LogP contribution in [0.3, 0.4) is 0 Å². The molecule has 3 amide bonds. The summed E-state index contributed by atoms with van der Waals surface area (Å²) in [6.07, 6.45) is 0. The van der Waals surface area contributed by atoms with Gasteiger partial charge in [0.25, 0.3) is 0 Å². The summed E-state index contributed by atoms with van der Waals surface area (Å²) in [6.45, 7) is -1.26. The number of carbonyl (C=O) groups is 3. The Hall–Kier alpha value is -2.71. The van der Waals surface area contributed by atoms with Crippen LogP contribution in [-0.2, 0) is 16.1 Å². The van der Waals surface area contributed by atoms with Crippen molar-refractivity contribution < 1.29 is 28.3 Å². The number of aliphatic carboxylic acids is 1. The van der Waals surface area contributed by atoms with Crippen molar-refractivity contribution in [3.8, 4) is 0 Å². The van der Waals surface area contributed by atoms with Gasteiger partial charge in [-0.25, -0.2) is 13.6 Å². The topological polar surface area (TPSA) is 108 Å². The first kappa shape index (κ1) is 16.3. The molecular weight excluding hydrogens is 288 g/mol. The average molecular weight is 301 g/mol. The SMILES string of the molecule is O=C(O)CNC(=O)CNC(=O)NCc1cc(F)ccc1F. The van der Waals surface area contributed by atoms with E-state index in [0.717, 1.165) is 18.2 Å². The van der Waals surface area contributed by atoms with Crippen LogP contribution in [0, 0.1) is 11.6 Å². The molecule has 0 aromatic heterocycles. The molecule has 1 aromatic carbocycles. The highest BCUT2D eigenvalue weighted by atomic mass is 19.1. The summed E-state index contributed by atoms with van der Waals surface area (Å²) in [4.78, 5) is 32.6. The first-order valence-corrected chi connectivity index (χ1v) is 5.82. The van der Waals surface area contributed by atoms with Crippen LogP contribution in [0.25, 0.3) is 0 Å². The molecule has 0 bridgehead atoms. The highest BCUT2D eigenvalue weighted by molar-refractivity contribution is 5.86. The molecule has 1 aromatic rings. The van der Waals surface area contributed by atoms with Gasteiger partial charge in [-0.05, 0) is 18.2 Å². The Morgan fingerprint density at radius 3 is 2.43 bits per heavy atom. The quantitative estimate of drug-likeness (QED) is 0.591. The van der Waals surface area contributed by atoms with Gasteiger partial charge in [-0.3, -0.25) is 9.59 Å². The maximum Gasteiger partial charge on any atom is 0.322 e. The number of rotatable bonds is 6. The summed E-state index contributed by atoms with van der Waals surface area (Å²) >= 11 is 0. The van der Waals surface area contributed by atoms with E-state index < -0.39 is 42.6 Å². The van der Waals surface area contributed by atoms with Crippen LogP contribution in [0.4, 0.5) is 13.6 Å². The fourth-order valence-electron chi connectivity index (χ4n) is 1.31. The maximum absolute atomic E-state index is 13.3. The van der Waals surface area contributed by atoms with Gasteiger partial charge in [-0.2, -0.15) is 0 Å². The number of carbonyl (C=O) groups excluding carboxylic acids is 2. The Bertz CT molecular complexity index is 551. The minimum atomic E-state index is -1.21. The monoisotopic (exact) mass is 301 g/mol. The number of carboxylic acids is 1. The van der Waals surface area contributed by atoms with Crippen molar-refractivity contribution in [3.63, 3.8) is 0 Å². The van der Waals surface area contributed by atoms with Gasteiger partial charge in [0.1, 0.15) is 18.2 Å². The number of nitrogens with one attached hydrogen (secondary N) is 3. The van der Waals surface area contributed by atoms with E-state index in [1.165, 1.54) is 0 Å². The van der Waals surface area contributed by atoms with Gasteiger partial charge in [-0.1, -0.05) is 0 Å². The van der Waals surface area contributed by atoms with Crippen LogP contribution in [0.15, 0.2) is 18.2 Å². The van der Waals surface area contributed by atoms with Gasteiger partial charge in [0, 0.05) is 12.1 Å². The molecule has 0 heterocycles. The zero-order valence-electron chi connectivity index (χ0n) is 10.8. The molecule has 0 atom stereocenters. The molecule has 114 valence electrons. The smallest absolute Gasteiger partial charge is 0.322 e. The molecule has 0 saturated carbocycles. The number of hydrogen-bond donors (Lipinski definition) is 4. The predicted octanol–water partition coefficient (Wildman–Crippen LogP) is -0.0352. The third-order valence-electron chi connectivity index (χ3n) is 2.29. The maximum atomic E-state index is 13.3.